The van der Waals surface area contributed by atoms with Crippen LogP contribution in [0.1, 0.15) is 47.7 Å². The lowest BCUT2D eigenvalue weighted by molar-refractivity contribution is -0.145. The van der Waals surface area contributed by atoms with Gasteiger partial charge in [0.25, 0.3) is 5.91 Å². The Morgan fingerprint density at radius 3 is 2.50 bits per heavy atom. The molecule has 5 rings (SSSR count). The summed E-state index contributed by atoms with van der Waals surface area (Å²) in [4.78, 5) is 17.3. The normalized spacial score (nSPS) is 25.3. The molecule has 5 nitrogen and oxygen atoms in total. The number of carbonyl (C=O) groups is 1. The molecule has 1 aromatic heterocycles. The van der Waals surface area contributed by atoms with Crippen molar-refractivity contribution in [3.63, 3.8) is 0 Å². The molecule has 0 aliphatic heterocycles. The molecule has 2 aliphatic carbocycles. The van der Waals surface area contributed by atoms with Crippen molar-refractivity contribution in [3.8, 4) is 0 Å². The maximum atomic E-state index is 14.7. The predicted octanol–water partition coefficient (Wildman–Crippen LogP) is 6.91. The van der Waals surface area contributed by atoms with Crippen LogP contribution in [0.2, 0.25) is 5.02 Å². The van der Waals surface area contributed by atoms with Crippen LogP contribution >= 0.6 is 39.3 Å². The van der Waals surface area contributed by atoms with Crippen LogP contribution < -0.4 is 5.32 Å². The Bertz CT molecular complexity index is 1380. The number of amides is 1. The van der Waals surface area contributed by atoms with E-state index in [-0.39, 0.29) is 32.9 Å². The van der Waals surface area contributed by atoms with Gasteiger partial charge in [-0.05, 0) is 89.8 Å². The van der Waals surface area contributed by atoms with Gasteiger partial charge in [-0.15, -0.1) is 11.8 Å². The number of benzene rings is 2. The molecular weight excluding hydrogens is 605 g/mol. The summed E-state index contributed by atoms with van der Waals surface area (Å²) in [5.41, 5.74) is -1.03. The van der Waals surface area contributed by atoms with Gasteiger partial charge in [-0.1, -0.05) is 11.6 Å². The third kappa shape index (κ3) is 5.09. The van der Waals surface area contributed by atoms with Crippen molar-refractivity contribution in [1.82, 2.24) is 4.98 Å². The fourth-order valence-electron chi connectivity index (χ4n) is 5.67. The second-order valence-electron chi connectivity index (χ2n) is 9.71. The van der Waals surface area contributed by atoms with Crippen molar-refractivity contribution in [2.45, 2.75) is 47.5 Å². The van der Waals surface area contributed by atoms with Gasteiger partial charge in [0.1, 0.15) is 16.3 Å². The Morgan fingerprint density at radius 1 is 1.11 bits per heavy atom. The van der Waals surface area contributed by atoms with E-state index >= 15 is 0 Å². The Morgan fingerprint density at radius 2 is 1.82 bits per heavy atom. The number of aliphatic hydroxyl groups excluding tert-OH is 1. The number of aromatic nitrogens is 1. The summed E-state index contributed by atoms with van der Waals surface area (Å²) in [5.74, 6) is -3.76. The number of hydrogen-bond donors (Lipinski definition) is 3. The van der Waals surface area contributed by atoms with E-state index in [1.54, 1.807) is 18.2 Å². The number of nitrogens with zero attached hydrogens (tertiary/aromatic N) is 1. The van der Waals surface area contributed by atoms with Crippen LogP contribution in [0.15, 0.2) is 58.2 Å². The zero-order chi connectivity index (χ0) is 27.2. The summed E-state index contributed by atoms with van der Waals surface area (Å²) >= 11 is 11.0. The Balaban J connectivity index is 1.31. The second-order valence-corrected chi connectivity index (χ2v) is 12.2. The highest BCUT2D eigenvalue weighted by atomic mass is 79.9. The van der Waals surface area contributed by atoms with E-state index in [4.69, 9.17) is 11.6 Å². The van der Waals surface area contributed by atoms with Crippen molar-refractivity contribution >= 4 is 50.9 Å². The van der Waals surface area contributed by atoms with E-state index < -0.39 is 35.1 Å². The molecule has 1 heterocycles. The van der Waals surface area contributed by atoms with Crippen molar-refractivity contribution < 1.29 is 28.2 Å². The van der Waals surface area contributed by atoms with Crippen LogP contribution in [0.4, 0.5) is 18.9 Å². The monoisotopic (exact) mass is 626 g/mol. The zero-order valence-corrected chi connectivity index (χ0v) is 23.0. The first-order valence-electron chi connectivity index (χ1n) is 12.0. The van der Waals surface area contributed by atoms with Crippen molar-refractivity contribution in [1.29, 1.82) is 0 Å². The molecule has 11 heteroatoms. The largest absolute Gasteiger partial charge is 0.386 e. The van der Waals surface area contributed by atoms with Crippen LogP contribution in [-0.4, -0.2) is 32.0 Å². The third-order valence-corrected chi connectivity index (χ3v) is 9.84. The van der Waals surface area contributed by atoms with E-state index in [1.807, 2.05) is 0 Å². The quantitative estimate of drug-likeness (QED) is 0.259. The van der Waals surface area contributed by atoms with E-state index in [0.717, 1.165) is 12.1 Å². The lowest BCUT2D eigenvalue weighted by Gasteiger charge is -2.45. The number of fused-ring (bicyclic) bond motifs is 2. The van der Waals surface area contributed by atoms with Crippen LogP contribution in [0.5, 0.6) is 0 Å². The molecule has 2 saturated carbocycles. The SMILES string of the molecule is O=C(Nc1ccc(F)c(F)c1)c1ccc(Cl)c(SC2C[C@H]3CC[C@@H](C2)C3(O)C(O)c2ccnc(Br)c2F)c1. The molecule has 38 heavy (non-hydrogen) atoms. The summed E-state index contributed by atoms with van der Waals surface area (Å²) in [6.07, 6.45) is 2.54. The molecule has 3 N–H and O–H groups in total. The van der Waals surface area contributed by atoms with Gasteiger partial charge >= 0.3 is 0 Å². The molecule has 2 fully saturated rings. The standard InChI is InChI=1S/C27H23BrClF3N2O3S/c28-25-23(32)18(7-8-33-25)24(35)27(37)14-2-3-15(27)11-17(10-14)38-22-9-13(1-5-19(22)29)26(36)34-16-4-6-20(30)21(31)12-16/h1,4-9,12,14-15,17,24,35,37H,2-3,10-11H2,(H,34,36)/t14-,15+,17?,24?,27?. The number of carbonyl (C=O) groups excluding carboxylic acids is 1. The molecule has 0 radical (unpaired) electrons. The van der Waals surface area contributed by atoms with E-state index in [9.17, 15) is 28.2 Å². The summed E-state index contributed by atoms with van der Waals surface area (Å²) in [5, 5.41) is 25.8. The molecular formula is C27H23BrClF3N2O3S. The Labute approximate surface area is 234 Å². The first kappa shape index (κ1) is 27.5. The molecule has 2 bridgehead atoms. The first-order chi connectivity index (χ1) is 18.1. The zero-order valence-electron chi connectivity index (χ0n) is 19.8. The maximum Gasteiger partial charge on any atom is 0.255 e. The number of aliphatic hydroxyl groups is 2. The number of thioether (sulfide) groups is 1. The molecule has 3 unspecified atom stereocenters. The lowest BCUT2D eigenvalue weighted by Crippen LogP contribution is -2.50. The number of rotatable bonds is 6. The molecule has 0 saturated heterocycles. The number of anilines is 1. The van der Waals surface area contributed by atoms with Gasteiger partial charge in [0, 0.05) is 39.2 Å². The second kappa shape index (κ2) is 10.8. The minimum absolute atomic E-state index is 0.0140. The van der Waals surface area contributed by atoms with Crippen molar-refractivity contribution in [2.24, 2.45) is 11.8 Å². The number of halogens is 5. The van der Waals surface area contributed by atoms with Gasteiger partial charge in [0.05, 0.1) is 5.02 Å². The number of hydrogen-bond acceptors (Lipinski definition) is 5. The number of nitrogens with one attached hydrogen (secondary N) is 1. The molecule has 0 spiro atoms. The van der Waals surface area contributed by atoms with Crippen molar-refractivity contribution in [3.05, 3.63) is 86.9 Å². The first-order valence-corrected chi connectivity index (χ1v) is 14.1. The minimum Gasteiger partial charge on any atom is -0.386 e. The van der Waals surface area contributed by atoms with Gasteiger partial charge in [-0.25, -0.2) is 18.2 Å². The minimum atomic E-state index is -1.46. The average Bonchev–Trinajstić information content (AvgIpc) is 3.05. The van der Waals surface area contributed by atoms with E-state index in [1.165, 1.54) is 30.1 Å². The summed E-state index contributed by atoms with van der Waals surface area (Å²) < 4.78 is 41.4. The molecule has 2 aromatic carbocycles. The summed E-state index contributed by atoms with van der Waals surface area (Å²) in [7, 11) is 0. The van der Waals surface area contributed by atoms with Gasteiger partial charge in [-0.2, -0.15) is 0 Å². The van der Waals surface area contributed by atoms with Crippen molar-refractivity contribution in [2.75, 3.05) is 5.32 Å². The van der Waals surface area contributed by atoms with E-state index in [2.05, 4.69) is 26.2 Å². The van der Waals surface area contributed by atoms with Crippen LogP contribution in [0, 0.1) is 29.3 Å². The summed E-state index contributed by atoms with van der Waals surface area (Å²) in [6.45, 7) is 0. The fourth-order valence-corrected chi connectivity index (χ4v) is 7.66. The highest BCUT2D eigenvalue weighted by molar-refractivity contribution is 9.10. The highest BCUT2D eigenvalue weighted by Crippen LogP contribution is 2.57. The lowest BCUT2D eigenvalue weighted by atomic mass is 9.69. The van der Waals surface area contributed by atoms with Gasteiger partial charge in [0.15, 0.2) is 17.5 Å². The van der Waals surface area contributed by atoms with Gasteiger partial charge < -0.3 is 15.5 Å². The molecule has 1 amide bonds. The van der Waals surface area contributed by atoms with Gasteiger partial charge in [0.2, 0.25) is 0 Å². The fraction of sp³-hybridized carbons (Fsp3) is 0.333. The molecule has 5 atom stereocenters. The highest BCUT2D eigenvalue weighted by Gasteiger charge is 2.58. The molecule has 2 aliphatic rings. The predicted molar refractivity (Wildman–Crippen MR) is 143 cm³/mol. The number of pyridine rings is 1. The third-order valence-electron chi connectivity index (χ3n) is 7.54. The van der Waals surface area contributed by atoms with Crippen LogP contribution in [0.25, 0.3) is 0 Å². The van der Waals surface area contributed by atoms with Crippen LogP contribution in [-0.2, 0) is 0 Å². The maximum absolute atomic E-state index is 14.7. The topological polar surface area (TPSA) is 82.5 Å². The average molecular weight is 628 g/mol. The summed E-state index contributed by atoms with van der Waals surface area (Å²) in [6, 6.07) is 9.29. The van der Waals surface area contributed by atoms with Gasteiger partial charge in [-0.3, -0.25) is 4.79 Å². The van der Waals surface area contributed by atoms with Crippen LogP contribution in [0.3, 0.4) is 0 Å². The molecule has 200 valence electrons. The smallest absolute Gasteiger partial charge is 0.255 e. The Hall–Kier alpha value is -2.11. The Kier molecular flexibility index (Phi) is 7.81. The van der Waals surface area contributed by atoms with E-state index in [0.29, 0.717) is 41.2 Å². The molecule has 3 aromatic rings.